The Hall–Kier alpha value is -0.590. The average molecular weight is 211 g/mol. The van der Waals surface area contributed by atoms with Gasteiger partial charge in [-0.3, -0.25) is 0 Å². The van der Waals surface area contributed by atoms with Gasteiger partial charge in [0.25, 0.3) is 0 Å². The van der Waals surface area contributed by atoms with E-state index in [0.717, 1.165) is 32.6 Å². The minimum atomic E-state index is 0.237. The van der Waals surface area contributed by atoms with Gasteiger partial charge in [0.2, 0.25) is 0 Å². The third kappa shape index (κ3) is 8.41. The zero-order chi connectivity index (χ0) is 11.7. The van der Waals surface area contributed by atoms with Crippen molar-refractivity contribution in [3.63, 3.8) is 0 Å². The van der Waals surface area contributed by atoms with Crippen LogP contribution in [0.25, 0.3) is 0 Å². The second-order valence-electron chi connectivity index (χ2n) is 4.90. The van der Waals surface area contributed by atoms with E-state index < -0.39 is 0 Å². The Morgan fingerprint density at radius 1 is 1.40 bits per heavy atom. The molecule has 0 aliphatic heterocycles. The highest BCUT2D eigenvalue weighted by atomic mass is 15.1. The normalized spacial score (nSPS) is 11.7. The highest BCUT2D eigenvalue weighted by Crippen LogP contribution is 2.20. The van der Waals surface area contributed by atoms with E-state index in [9.17, 15) is 0 Å². The van der Waals surface area contributed by atoms with Crippen molar-refractivity contribution in [2.45, 2.75) is 33.6 Å². The Labute approximate surface area is 94.5 Å². The summed E-state index contributed by atoms with van der Waals surface area (Å²) in [6.45, 7) is 10.8. The van der Waals surface area contributed by atoms with Crippen LogP contribution in [0.3, 0.4) is 0 Å². The smallest absolute Gasteiger partial charge is 0.0621 e. The Morgan fingerprint density at radius 2 is 2.07 bits per heavy atom. The molecule has 0 rings (SSSR count). The van der Waals surface area contributed by atoms with Gasteiger partial charge < -0.3 is 10.2 Å². The van der Waals surface area contributed by atoms with Crippen LogP contribution in [-0.2, 0) is 0 Å². The topological polar surface area (TPSA) is 39.1 Å². The van der Waals surface area contributed by atoms with Crippen molar-refractivity contribution in [3.8, 4) is 6.07 Å². The number of rotatable bonds is 8. The van der Waals surface area contributed by atoms with Crippen LogP contribution < -0.4 is 5.32 Å². The number of hydrogen-bond acceptors (Lipinski definition) is 3. The Kier molecular flexibility index (Phi) is 7.37. The van der Waals surface area contributed by atoms with Gasteiger partial charge in [-0.1, -0.05) is 20.8 Å². The molecular formula is C12H25N3. The van der Waals surface area contributed by atoms with Crippen molar-refractivity contribution in [2.75, 3.05) is 33.2 Å². The highest BCUT2D eigenvalue weighted by molar-refractivity contribution is 4.78. The van der Waals surface area contributed by atoms with Crippen LogP contribution in [0.15, 0.2) is 0 Å². The number of nitrogens with zero attached hydrogens (tertiary/aromatic N) is 2. The van der Waals surface area contributed by atoms with E-state index in [0.29, 0.717) is 6.42 Å². The van der Waals surface area contributed by atoms with Gasteiger partial charge >= 0.3 is 0 Å². The minimum absolute atomic E-state index is 0.237. The van der Waals surface area contributed by atoms with Crippen molar-refractivity contribution in [1.29, 1.82) is 5.26 Å². The summed E-state index contributed by atoms with van der Waals surface area (Å²) in [7, 11) is 2.13. The van der Waals surface area contributed by atoms with Crippen molar-refractivity contribution in [1.82, 2.24) is 10.2 Å². The summed E-state index contributed by atoms with van der Waals surface area (Å²) < 4.78 is 0. The van der Waals surface area contributed by atoms with Crippen molar-refractivity contribution >= 4 is 0 Å². The molecule has 0 atom stereocenters. The molecule has 15 heavy (non-hydrogen) atoms. The molecule has 0 amide bonds. The maximum atomic E-state index is 8.53. The number of nitriles is 1. The fourth-order valence-corrected chi connectivity index (χ4v) is 1.34. The molecule has 0 heterocycles. The molecule has 0 spiro atoms. The molecule has 0 saturated heterocycles. The van der Waals surface area contributed by atoms with E-state index in [1.165, 1.54) is 0 Å². The lowest BCUT2D eigenvalue weighted by molar-refractivity contribution is 0.297. The summed E-state index contributed by atoms with van der Waals surface area (Å²) in [6.07, 6.45) is 1.63. The zero-order valence-electron chi connectivity index (χ0n) is 10.6. The van der Waals surface area contributed by atoms with Gasteiger partial charge in [-0.15, -0.1) is 0 Å². The number of hydrogen-bond donors (Lipinski definition) is 1. The van der Waals surface area contributed by atoms with Crippen molar-refractivity contribution < 1.29 is 0 Å². The van der Waals surface area contributed by atoms with Gasteiger partial charge in [-0.2, -0.15) is 5.26 Å². The van der Waals surface area contributed by atoms with Crippen LogP contribution in [0.1, 0.15) is 33.6 Å². The number of nitrogens with one attached hydrogen (secondary N) is 1. The first-order valence-electron chi connectivity index (χ1n) is 5.78. The summed E-state index contributed by atoms with van der Waals surface area (Å²) >= 11 is 0. The maximum absolute atomic E-state index is 8.53. The van der Waals surface area contributed by atoms with Crippen LogP contribution in [0, 0.1) is 16.7 Å². The summed E-state index contributed by atoms with van der Waals surface area (Å²) in [5.74, 6) is 0. The van der Waals surface area contributed by atoms with Crippen LogP contribution >= 0.6 is 0 Å². The molecule has 0 saturated carbocycles. The van der Waals surface area contributed by atoms with Crippen LogP contribution in [0.4, 0.5) is 0 Å². The Bertz CT molecular complexity index is 194. The van der Waals surface area contributed by atoms with E-state index in [-0.39, 0.29) is 5.41 Å². The van der Waals surface area contributed by atoms with Crippen molar-refractivity contribution in [3.05, 3.63) is 0 Å². The molecule has 0 aromatic heterocycles. The van der Waals surface area contributed by atoms with E-state index in [1.54, 1.807) is 0 Å². The first-order chi connectivity index (χ1) is 7.02. The van der Waals surface area contributed by atoms with Gasteiger partial charge in [0.05, 0.1) is 6.07 Å². The first-order valence-corrected chi connectivity index (χ1v) is 5.78. The van der Waals surface area contributed by atoms with Gasteiger partial charge in [0, 0.05) is 26.1 Å². The lowest BCUT2D eigenvalue weighted by Gasteiger charge is -2.24. The van der Waals surface area contributed by atoms with Gasteiger partial charge in [0.1, 0.15) is 0 Å². The SMILES string of the molecule is CCN(C)CCNCC(C)(C)CCC#N. The first kappa shape index (κ1) is 14.4. The fourth-order valence-electron chi connectivity index (χ4n) is 1.34. The van der Waals surface area contributed by atoms with Gasteiger partial charge in [0.15, 0.2) is 0 Å². The third-order valence-corrected chi connectivity index (χ3v) is 2.73. The average Bonchev–Trinajstić information content (AvgIpc) is 2.21. The van der Waals surface area contributed by atoms with Crippen LogP contribution in [-0.4, -0.2) is 38.1 Å². The fraction of sp³-hybridized carbons (Fsp3) is 0.917. The molecule has 88 valence electrons. The Morgan fingerprint density at radius 3 is 2.60 bits per heavy atom. The maximum Gasteiger partial charge on any atom is 0.0621 e. The van der Waals surface area contributed by atoms with E-state index in [2.05, 4.69) is 44.1 Å². The molecule has 0 aromatic carbocycles. The highest BCUT2D eigenvalue weighted by Gasteiger charge is 2.16. The molecule has 3 nitrogen and oxygen atoms in total. The summed E-state index contributed by atoms with van der Waals surface area (Å²) in [5, 5.41) is 12.0. The lowest BCUT2D eigenvalue weighted by Crippen LogP contribution is -2.35. The van der Waals surface area contributed by atoms with Gasteiger partial charge in [-0.05, 0) is 25.4 Å². The van der Waals surface area contributed by atoms with Gasteiger partial charge in [-0.25, -0.2) is 0 Å². The molecule has 0 aliphatic rings. The number of likely N-dealkylation sites (N-methyl/N-ethyl adjacent to an activating group) is 1. The minimum Gasteiger partial charge on any atom is -0.315 e. The van der Waals surface area contributed by atoms with Crippen LogP contribution in [0.5, 0.6) is 0 Å². The standard InChI is InChI=1S/C12H25N3/c1-5-15(4)10-9-14-11-12(2,3)7-6-8-13/h14H,5-7,9-11H2,1-4H3. The third-order valence-electron chi connectivity index (χ3n) is 2.73. The van der Waals surface area contributed by atoms with E-state index >= 15 is 0 Å². The monoisotopic (exact) mass is 211 g/mol. The Balaban J connectivity index is 3.53. The quantitative estimate of drug-likeness (QED) is 0.623. The molecule has 0 radical (unpaired) electrons. The largest absolute Gasteiger partial charge is 0.315 e. The second-order valence-corrected chi connectivity index (χ2v) is 4.90. The molecule has 0 aliphatic carbocycles. The van der Waals surface area contributed by atoms with E-state index in [4.69, 9.17) is 5.26 Å². The molecule has 3 heteroatoms. The molecule has 0 bridgehead atoms. The van der Waals surface area contributed by atoms with Crippen molar-refractivity contribution in [2.24, 2.45) is 5.41 Å². The lowest BCUT2D eigenvalue weighted by atomic mass is 9.88. The summed E-state index contributed by atoms with van der Waals surface area (Å²) in [6, 6.07) is 2.21. The molecule has 0 unspecified atom stereocenters. The summed E-state index contributed by atoms with van der Waals surface area (Å²) in [5.41, 5.74) is 0.237. The zero-order valence-corrected chi connectivity index (χ0v) is 10.6. The molecule has 0 aromatic rings. The predicted octanol–water partition coefficient (Wildman–Crippen LogP) is 1.86. The molecule has 0 fully saturated rings. The molecular weight excluding hydrogens is 186 g/mol. The second kappa shape index (κ2) is 7.67. The predicted molar refractivity (Wildman–Crippen MR) is 64.7 cm³/mol. The summed E-state index contributed by atoms with van der Waals surface area (Å²) in [4.78, 5) is 2.29. The molecule has 1 N–H and O–H groups in total. The van der Waals surface area contributed by atoms with E-state index in [1.807, 2.05) is 0 Å². The van der Waals surface area contributed by atoms with Crippen LogP contribution in [0.2, 0.25) is 0 Å².